The number of aromatic nitrogens is 2. The molecule has 0 saturated heterocycles. The van der Waals surface area contributed by atoms with Crippen LogP contribution in [0.4, 0.5) is 11.5 Å². The maximum Gasteiger partial charge on any atom is 0.253 e. The van der Waals surface area contributed by atoms with Gasteiger partial charge in [-0.05, 0) is 48.4 Å². The van der Waals surface area contributed by atoms with Crippen LogP contribution in [0.25, 0.3) is 11.1 Å². The number of amides is 1. The van der Waals surface area contributed by atoms with Gasteiger partial charge in [0.05, 0.1) is 11.9 Å². The second-order valence-corrected chi connectivity index (χ2v) is 6.03. The highest BCUT2D eigenvalue weighted by molar-refractivity contribution is 5.94. The first-order valence-electron chi connectivity index (χ1n) is 8.00. The molecule has 0 unspecified atom stereocenters. The summed E-state index contributed by atoms with van der Waals surface area (Å²) in [6, 6.07) is 13.4. The number of pyridine rings is 2. The smallest absolute Gasteiger partial charge is 0.253 e. The number of carbonyl (C=O) groups excluding carboxylic acids is 1. The van der Waals surface area contributed by atoms with Gasteiger partial charge in [0.25, 0.3) is 5.91 Å². The minimum atomic E-state index is -0.00239. The van der Waals surface area contributed by atoms with Crippen LogP contribution in [0.1, 0.15) is 15.9 Å². The van der Waals surface area contributed by atoms with Crippen LogP contribution in [0.15, 0.2) is 61.1 Å². The van der Waals surface area contributed by atoms with Crippen molar-refractivity contribution in [2.45, 2.75) is 6.92 Å². The summed E-state index contributed by atoms with van der Waals surface area (Å²) in [5, 5.41) is 3.24. The van der Waals surface area contributed by atoms with Gasteiger partial charge < -0.3 is 10.2 Å². The van der Waals surface area contributed by atoms with E-state index in [1.54, 1.807) is 31.4 Å². The van der Waals surface area contributed by atoms with Gasteiger partial charge in [0.15, 0.2) is 0 Å². The number of anilines is 2. The zero-order valence-electron chi connectivity index (χ0n) is 14.5. The summed E-state index contributed by atoms with van der Waals surface area (Å²) in [7, 11) is 3.50. The summed E-state index contributed by atoms with van der Waals surface area (Å²) in [6.45, 7) is 2.05. The van der Waals surface area contributed by atoms with E-state index >= 15 is 0 Å². The number of aryl methyl sites for hydroxylation is 1. The summed E-state index contributed by atoms with van der Waals surface area (Å²) >= 11 is 0. The molecule has 3 aromatic rings. The van der Waals surface area contributed by atoms with Crippen LogP contribution in [0.3, 0.4) is 0 Å². The van der Waals surface area contributed by atoms with E-state index in [1.807, 2.05) is 55.6 Å². The van der Waals surface area contributed by atoms with Gasteiger partial charge in [0.2, 0.25) is 0 Å². The molecule has 3 rings (SSSR count). The van der Waals surface area contributed by atoms with E-state index in [2.05, 4.69) is 15.3 Å². The van der Waals surface area contributed by atoms with Gasteiger partial charge in [0.1, 0.15) is 5.82 Å². The van der Waals surface area contributed by atoms with Crippen molar-refractivity contribution in [1.29, 1.82) is 0 Å². The zero-order valence-corrected chi connectivity index (χ0v) is 14.5. The van der Waals surface area contributed by atoms with Crippen molar-refractivity contribution in [2.75, 3.05) is 19.4 Å². The first kappa shape index (κ1) is 16.6. The van der Waals surface area contributed by atoms with Crippen LogP contribution < -0.4 is 5.32 Å². The number of rotatable bonds is 4. The quantitative estimate of drug-likeness (QED) is 0.787. The molecular weight excluding hydrogens is 312 g/mol. The average molecular weight is 332 g/mol. The van der Waals surface area contributed by atoms with E-state index in [0.717, 1.165) is 28.2 Å². The third-order valence-corrected chi connectivity index (χ3v) is 3.89. The Balaban J connectivity index is 1.82. The Bertz CT molecular complexity index is 874. The first-order valence-corrected chi connectivity index (χ1v) is 8.00. The molecule has 25 heavy (non-hydrogen) atoms. The topological polar surface area (TPSA) is 58.1 Å². The lowest BCUT2D eigenvalue weighted by atomic mass is 10.0. The highest BCUT2D eigenvalue weighted by atomic mass is 16.2. The first-order chi connectivity index (χ1) is 12.0. The largest absolute Gasteiger partial charge is 0.345 e. The normalized spacial score (nSPS) is 10.4. The fraction of sp³-hybridized carbons (Fsp3) is 0.150. The van der Waals surface area contributed by atoms with E-state index in [4.69, 9.17) is 0 Å². The van der Waals surface area contributed by atoms with Gasteiger partial charge >= 0.3 is 0 Å². The number of hydrogen-bond acceptors (Lipinski definition) is 4. The predicted octanol–water partition coefficient (Wildman–Crippen LogP) is 3.90. The summed E-state index contributed by atoms with van der Waals surface area (Å²) in [5.74, 6) is 0.770. The molecule has 126 valence electrons. The minimum absolute atomic E-state index is 0.00239. The van der Waals surface area contributed by atoms with Crippen molar-refractivity contribution in [1.82, 2.24) is 14.9 Å². The summed E-state index contributed by atoms with van der Waals surface area (Å²) in [6.07, 6.45) is 5.33. The van der Waals surface area contributed by atoms with Crippen molar-refractivity contribution >= 4 is 17.4 Å². The highest BCUT2D eigenvalue weighted by Crippen LogP contribution is 2.25. The summed E-state index contributed by atoms with van der Waals surface area (Å²) in [4.78, 5) is 22.1. The molecule has 0 atom stereocenters. The average Bonchev–Trinajstić information content (AvgIpc) is 2.62. The molecule has 0 radical (unpaired) electrons. The highest BCUT2D eigenvalue weighted by Gasteiger charge is 2.09. The Hall–Kier alpha value is -3.21. The number of nitrogens with one attached hydrogen (secondary N) is 1. The number of hydrogen-bond donors (Lipinski definition) is 1. The Kier molecular flexibility index (Phi) is 4.75. The van der Waals surface area contributed by atoms with Crippen molar-refractivity contribution in [3.8, 4) is 11.1 Å². The molecule has 0 fully saturated rings. The van der Waals surface area contributed by atoms with Crippen LogP contribution in [-0.4, -0.2) is 34.9 Å². The van der Waals surface area contributed by atoms with Crippen molar-refractivity contribution < 1.29 is 4.79 Å². The minimum Gasteiger partial charge on any atom is -0.345 e. The molecular formula is C20H20N4O. The molecule has 0 aliphatic carbocycles. The van der Waals surface area contributed by atoms with Gasteiger partial charge in [-0.3, -0.25) is 9.78 Å². The Morgan fingerprint density at radius 3 is 2.44 bits per heavy atom. The van der Waals surface area contributed by atoms with Gasteiger partial charge in [-0.2, -0.15) is 0 Å². The Morgan fingerprint density at radius 2 is 1.84 bits per heavy atom. The van der Waals surface area contributed by atoms with Crippen LogP contribution >= 0.6 is 0 Å². The van der Waals surface area contributed by atoms with E-state index in [1.165, 1.54) is 0 Å². The predicted molar refractivity (Wildman–Crippen MR) is 99.9 cm³/mol. The molecule has 2 heterocycles. The molecule has 0 aliphatic heterocycles. The molecule has 0 spiro atoms. The fourth-order valence-corrected chi connectivity index (χ4v) is 2.56. The van der Waals surface area contributed by atoms with Crippen LogP contribution in [0, 0.1) is 6.92 Å². The number of benzene rings is 1. The number of carbonyl (C=O) groups is 1. The third kappa shape index (κ3) is 3.83. The molecule has 0 bridgehead atoms. The lowest BCUT2D eigenvalue weighted by molar-refractivity contribution is 0.0827. The van der Waals surface area contributed by atoms with Gasteiger partial charge in [-0.25, -0.2) is 4.98 Å². The number of nitrogens with zero attached hydrogens (tertiary/aromatic N) is 3. The summed E-state index contributed by atoms with van der Waals surface area (Å²) < 4.78 is 0. The van der Waals surface area contributed by atoms with Crippen molar-refractivity contribution in [2.24, 2.45) is 0 Å². The SMILES string of the molecule is Cc1cc(Nc2cccnc2)ncc1-c1ccc(C(=O)N(C)C)cc1. The molecule has 5 heteroatoms. The van der Waals surface area contributed by atoms with E-state index in [9.17, 15) is 4.79 Å². The maximum atomic E-state index is 12.0. The molecule has 1 N–H and O–H groups in total. The lowest BCUT2D eigenvalue weighted by Crippen LogP contribution is -2.21. The maximum absolute atomic E-state index is 12.0. The van der Waals surface area contributed by atoms with E-state index < -0.39 is 0 Å². The molecule has 1 aromatic carbocycles. The van der Waals surface area contributed by atoms with Crippen LogP contribution in [0.2, 0.25) is 0 Å². The molecule has 1 amide bonds. The lowest BCUT2D eigenvalue weighted by Gasteiger charge is -2.12. The van der Waals surface area contributed by atoms with Crippen LogP contribution in [0.5, 0.6) is 0 Å². The standard InChI is InChI=1S/C20H20N4O/c1-14-11-19(23-17-5-4-10-21-12-17)22-13-18(14)15-6-8-16(9-7-15)20(25)24(2)3/h4-13H,1-3H3,(H,22,23). The summed E-state index contributed by atoms with van der Waals surface area (Å²) in [5.41, 5.74) is 4.75. The second-order valence-electron chi connectivity index (χ2n) is 6.03. The van der Waals surface area contributed by atoms with Crippen molar-refractivity contribution in [3.05, 3.63) is 72.2 Å². The van der Waals surface area contributed by atoms with Crippen molar-refractivity contribution in [3.63, 3.8) is 0 Å². The molecule has 0 aliphatic rings. The third-order valence-electron chi connectivity index (χ3n) is 3.89. The Labute approximate surface area is 147 Å². The molecule has 5 nitrogen and oxygen atoms in total. The van der Waals surface area contributed by atoms with Gasteiger partial charge in [0, 0.05) is 37.6 Å². The molecule has 0 saturated carbocycles. The van der Waals surface area contributed by atoms with Gasteiger partial charge in [-0.15, -0.1) is 0 Å². The van der Waals surface area contributed by atoms with Crippen LogP contribution in [-0.2, 0) is 0 Å². The second kappa shape index (κ2) is 7.13. The Morgan fingerprint density at radius 1 is 1.08 bits per heavy atom. The monoisotopic (exact) mass is 332 g/mol. The zero-order chi connectivity index (χ0) is 17.8. The van der Waals surface area contributed by atoms with E-state index in [-0.39, 0.29) is 5.91 Å². The van der Waals surface area contributed by atoms with Gasteiger partial charge in [-0.1, -0.05) is 12.1 Å². The fourth-order valence-electron chi connectivity index (χ4n) is 2.56. The molecule has 2 aromatic heterocycles. The van der Waals surface area contributed by atoms with E-state index in [0.29, 0.717) is 5.56 Å².